The summed E-state index contributed by atoms with van der Waals surface area (Å²) >= 11 is 5.92. The second-order valence-electron chi connectivity index (χ2n) is 4.24. The van der Waals surface area contributed by atoms with Crippen molar-refractivity contribution in [3.8, 4) is 5.75 Å². The van der Waals surface area contributed by atoms with E-state index in [9.17, 15) is 9.18 Å². The van der Waals surface area contributed by atoms with Gasteiger partial charge in [-0.3, -0.25) is 0 Å². The molecule has 0 bridgehead atoms. The van der Waals surface area contributed by atoms with E-state index in [0.717, 1.165) is 0 Å². The molecule has 110 valence electrons. The lowest BCUT2D eigenvalue weighted by Gasteiger charge is -2.09. The molecule has 0 spiro atoms. The SMILES string of the molecule is COc1ccc(COC(=O)c2cccc(N)c2Cl)c(F)c1. The summed E-state index contributed by atoms with van der Waals surface area (Å²) < 4.78 is 23.7. The van der Waals surface area contributed by atoms with Crippen molar-refractivity contribution in [1.29, 1.82) is 0 Å². The molecule has 0 amide bonds. The highest BCUT2D eigenvalue weighted by Crippen LogP contribution is 2.24. The lowest BCUT2D eigenvalue weighted by atomic mass is 10.2. The summed E-state index contributed by atoms with van der Waals surface area (Å²) in [5.74, 6) is -0.787. The molecule has 0 saturated heterocycles. The van der Waals surface area contributed by atoms with Gasteiger partial charge < -0.3 is 15.2 Å². The van der Waals surface area contributed by atoms with Crippen molar-refractivity contribution in [3.63, 3.8) is 0 Å². The molecule has 0 saturated carbocycles. The van der Waals surface area contributed by atoms with Gasteiger partial charge in [0.05, 0.1) is 23.4 Å². The van der Waals surface area contributed by atoms with Gasteiger partial charge in [0.1, 0.15) is 18.2 Å². The summed E-state index contributed by atoms with van der Waals surface area (Å²) in [7, 11) is 1.44. The maximum Gasteiger partial charge on any atom is 0.340 e. The van der Waals surface area contributed by atoms with Gasteiger partial charge in [-0.15, -0.1) is 0 Å². The predicted molar refractivity (Wildman–Crippen MR) is 77.9 cm³/mol. The maximum absolute atomic E-state index is 13.7. The van der Waals surface area contributed by atoms with Crippen LogP contribution in [0.15, 0.2) is 36.4 Å². The van der Waals surface area contributed by atoms with Gasteiger partial charge in [0.2, 0.25) is 0 Å². The number of hydrogen-bond donors (Lipinski definition) is 1. The van der Waals surface area contributed by atoms with Crippen LogP contribution in [0.25, 0.3) is 0 Å². The van der Waals surface area contributed by atoms with Crippen LogP contribution in [0, 0.1) is 5.82 Å². The summed E-state index contributed by atoms with van der Waals surface area (Å²) in [6.07, 6.45) is 0. The fraction of sp³-hybridized carbons (Fsp3) is 0.133. The fourth-order valence-corrected chi connectivity index (χ4v) is 1.90. The number of methoxy groups -OCH3 is 1. The molecule has 0 radical (unpaired) electrons. The Hall–Kier alpha value is -2.27. The van der Waals surface area contributed by atoms with E-state index in [1.165, 1.54) is 25.3 Å². The van der Waals surface area contributed by atoms with Crippen LogP contribution in [0.3, 0.4) is 0 Å². The number of benzene rings is 2. The molecule has 0 aromatic heterocycles. The topological polar surface area (TPSA) is 61.5 Å². The number of ether oxygens (including phenoxy) is 2. The van der Waals surface area contributed by atoms with Gasteiger partial charge in [-0.05, 0) is 24.3 Å². The van der Waals surface area contributed by atoms with E-state index >= 15 is 0 Å². The van der Waals surface area contributed by atoms with Gasteiger partial charge in [0.25, 0.3) is 0 Å². The number of esters is 1. The first kappa shape index (κ1) is 15.1. The Bertz CT molecular complexity index is 676. The van der Waals surface area contributed by atoms with Crippen molar-refractivity contribution >= 4 is 23.3 Å². The second kappa shape index (κ2) is 6.45. The molecule has 0 atom stereocenters. The van der Waals surface area contributed by atoms with Crippen molar-refractivity contribution in [2.45, 2.75) is 6.61 Å². The number of nitrogens with two attached hydrogens (primary N) is 1. The molecule has 2 aromatic rings. The van der Waals surface area contributed by atoms with Gasteiger partial charge in [-0.25, -0.2) is 9.18 Å². The monoisotopic (exact) mass is 309 g/mol. The van der Waals surface area contributed by atoms with Crippen molar-refractivity contribution in [1.82, 2.24) is 0 Å². The van der Waals surface area contributed by atoms with Crippen molar-refractivity contribution in [3.05, 3.63) is 58.4 Å². The molecule has 2 N–H and O–H groups in total. The van der Waals surface area contributed by atoms with Crippen molar-refractivity contribution in [2.24, 2.45) is 0 Å². The van der Waals surface area contributed by atoms with E-state index < -0.39 is 11.8 Å². The maximum atomic E-state index is 13.7. The Morgan fingerprint density at radius 3 is 2.76 bits per heavy atom. The Kier molecular flexibility index (Phi) is 4.65. The van der Waals surface area contributed by atoms with Gasteiger partial charge in [-0.2, -0.15) is 0 Å². The molecular formula is C15H13ClFNO3. The minimum atomic E-state index is -0.664. The Morgan fingerprint density at radius 1 is 1.33 bits per heavy atom. The zero-order chi connectivity index (χ0) is 15.4. The molecule has 6 heteroatoms. The number of halogens is 2. The Balaban J connectivity index is 2.09. The van der Waals surface area contributed by atoms with Crippen molar-refractivity contribution in [2.75, 3.05) is 12.8 Å². The number of anilines is 1. The minimum absolute atomic E-state index is 0.123. The lowest BCUT2D eigenvalue weighted by Crippen LogP contribution is -2.08. The van der Waals surface area contributed by atoms with Gasteiger partial charge in [-0.1, -0.05) is 17.7 Å². The zero-order valence-corrected chi connectivity index (χ0v) is 12.0. The highest BCUT2D eigenvalue weighted by molar-refractivity contribution is 6.36. The molecule has 4 nitrogen and oxygen atoms in total. The van der Waals surface area contributed by atoms with Crippen LogP contribution in [0.2, 0.25) is 5.02 Å². The molecule has 0 aliphatic heterocycles. The second-order valence-corrected chi connectivity index (χ2v) is 4.62. The summed E-state index contributed by atoms with van der Waals surface area (Å²) in [5.41, 5.74) is 6.27. The normalized spacial score (nSPS) is 10.2. The summed E-state index contributed by atoms with van der Waals surface area (Å²) in [4.78, 5) is 11.9. The number of rotatable bonds is 4. The largest absolute Gasteiger partial charge is 0.497 e. The highest BCUT2D eigenvalue weighted by Gasteiger charge is 2.14. The zero-order valence-electron chi connectivity index (χ0n) is 11.2. The minimum Gasteiger partial charge on any atom is -0.497 e. The summed E-state index contributed by atoms with van der Waals surface area (Å²) in [6.45, 7) is -0.209. The number of carbonyl (C=O) groups is 1. The first-order valence-electron chi connectivity index (χ1n) is 6.06. The van der Waals surface area contributed by atoms with Crippen LogP contribution in [-0.4, -0.2) is 13.1 Å². The number of nitrogen functional groups attached to an aromatic ring is 1. The van der Waals surface area contributed by atoms with Gasteiger partial charge in [0.15, 0.2) is 0 Å². The van der Waals surface area contributed by atoms with E-state index in [4.69, 9.17) is 26.8 Å². The smallest absolute Gasteiger partial charge is 0.340 e. The van der Waals surface area contributed by atoms with E-state index in [0.29, 0.717) is 5.75 Å². The molecule has 0 unspecified atom stereocenters. The average Bonchev–Trinajstić information content (AvgIpc) is 2.48. The number of carbonyl (C=O) groups excluding carboxylic acids is 1. The van der Waals surface area contributed by atoms with E-state index in [2.05, 4.69) is 0 Å². The third-order valence-corrected chi connectivity index (χ3v) is 3.29. The average molecular weight is 310 g/mol. The van der Waals surface area contributed by atoms with Gasteiger partial charge in [0, 0.05) is 11.6 Å². The van der Waals surface area contributed by atoms with E-state index in [1.54, 1.807) is 18.2 Å². The molecule has 0 aliphatic rings. The Morgan fingerprint density at radius 2 is 2.10 bits per heavy atom. The van der Waals surface area contributed by atoms with Crippen LogP contribution < -0.4 is 10.5 Å². The van der Waals surface area contributed by atoms with Crippen molar-refractivity contribution < 1.29 is 18.7 Å². The summed E-state index contributed by atoms with van der Waals surface area (Å²) in [6, 6.07) is 8.94. The molecular weight excluding hydrogens is 297 g/mol. The van der Waals surface area contributed by atoms with Crippen LogP contribution in [-0.2, 0) is 11.3 Å². The molecule has 2 aromatic carbocycles. The van der Waals surface area contributed by atoms with Gasteiger partial charge >= 0.3 is 5.97 Å². The fourth-order valence-electron chi connectivity index (χ4n) is 1.70. The number of hydrogen-bond acceptors (Lipinski definition) is 4. The molecule has 21 heavy (non-hydrogen) atoms. The first-order valence-corrected chi connectivity index (χ1v) is 6.44. The van der Waals surface area contributed by atoms with E-state index in [-0.39, 0.29) is 28.4 Å². The molecule has 0 fully saturated rings. The summed E-state index contributed by atoms with van der Waals surface area (Å²) in [5, 5.41) is 0.123. The lowest BCUT2D eigenvalue weighted by molar-refractivity contribution is 0.0469. The quantitative estimate of drug-likeness (QED) is 0.694. The first-order chi connectivity index (χ1) is 10.0. The van der Waals surface area contributed by atoms with Crippen LogP contribution in [0.5, 0.6) is 5.75 Å². The molecule has 2 rings (SSSR count). The molecule has 0 aliphatic carbocycles. The standard InChI is InChI=1S/C15H13ClFNO3/c1-20-10-6-5-9(12(17)7-10)8-21-15(19)11-3-2-4-13(18)14(11)16/h2-7H,8,18H2,1H3. The molecule has 0 heterocycles. The predicted octanol–water partition coefficient (Wildman–Crippen LogP) is 3.43. The third-order valence-electron chi connectivity index (χ3n) is 2.87. The van der Waals surface area contributed by atoms with Crippen LogP contribution in [0.1, 0.15) is 15.9 Å². The van der Waals surface area contributed by atoms with E-state index in [1.807, 2.05) is 0 Å². The third kappa shape index (κ3) is 3.44. The van der Waals surface area contributed by atoms with Crippen LogP contribution >= 0.6 is 11.6 Å². The van der Waals surface area contributed by atoms with Crippen LogP contribution in [0.4, 0.5) is 10.1 Å². The Labute approximate surface area is 126 Å². The highest BCUT2D eigenvalue weighted by atomic mass is 35.5.